The molecule has 4 aromatic carbocycles. The molecule has 0 bridgehead atoms. The number of esters is 3. The van der Waals surface area contributed by atoms with E-state index >= 15 is 0 Å². The summed E-state index contributed by atoms with van der Waals surface area (Å²) in [6.07, 6.45) is 4.56. The zero-order valence-electron chi connectivity index (χ0n) is 31.5. The molecule has 0 aliphatic heterocycles. The lowest BCUT2D eigenvalue weighted by Crippen LogP contribution is -2.37. The maximum atomic E-state index is 13.2. The number of carbonyl (C=O) groups is 4. The number of allylic oxidation sites excluding steroid dienone is 2. The maximum absolute atomic E-state index is 13.2. The Morgan fingerprint density at radius 3 is 1.60 bits per heavy atom. The first-order valence-electron chi connectivity index (χ1n) is 18.5. The highest BCUT2D eigenvalue weighted by molar-refractivity contribution is 5.86. The lowest BCUT2D eigenvalue weighted by atomic mass is 9.68. The van der Waals surface area contributed by atoms with Gasteiger partial charge in [-0.2, -0.15) is 0 Å². The van der Waals surface area contributed by atoms with Gasteiger partial charge >= 0.3 is 23.9 Å². The summed E-state index contributed by atoms with van der Waals surface area (Å²) in [6.45, 7) is 6.55. The van der Waals surface area contributed by atoms with Gasteiger partial charge in [0.25, 0.3) is 0 Å². The average Bonchev–Trinajstić information content (AvgIpc) is 3.55. The average molecular weight is 773 g/mol. The smallest absolute Gasteiger partial charge is 0.330 e. The Bertz CT molecular complexity index is 2070. The van der Waals surface area contributed by atoms with E-state index in [0.717, 1.165) is 45.5 Å². The second kappa shape index (κ2) is 18.4. The van der Waals surface area contributed by atoms with Crippen LogP contribution in [0.5, 0.6) is 11.5 Å². The zero-order chi connectivity index (χ0) is 40.4. The van der Waals surface area contributed by atoms with Crippen molar-refractivity contribution >= 4 is 23.9 Å². The predicted molar refractivity (Wildman–Crippen MR) is 211 cm³/mol. The van der Waals surface area contributed by atoms with Crippen molar-refractivity contribution in [3.8, 4) is 22.6 Å². The molecule has 4 atom stereocenters. The molecule has 4 unspecified atom stereocenters. The number of carboxylic acids is 1. The van der Waals surface area contributed by atoms with Crippen molar-refractivity contribution in [2.45, 2.75) is 30.5 Å². The van der Waals surface area contributed by atoms with Crippen molar-refractivity contribution in [3.05, 3.63) is 157 Å². The fraction of sp³-hybridized carbons (Fsp3) is 0.261. The van der Waals surface area contributed by atoms with E-state index in [1.54, 1.807) is 12.2 Å². The van der Waals surface area contributed by atoms with Crippen molar-refractivity contribution in [2.24, 2.45) is 11.8 Å². The highest BCUT2D eigenvalue weighted by atomic mass is 16.6. The highest BCUT2D eigenvalue weighted by Gasteiger charge is 2.46. The summed E-state index contributed by atoms with van der Waals surface area (Å²) in [6, 6.07) is 32.2. The molecule has 1 N–H and O–H groups in total. The lowest BCUT2D eigenvalue weighted by molar-refractivity contribution is -0.167. The number of fused-ring (bicyclic) bond motifs is 3. The number of aliphatic carboxylic acids is 1. The van der Waals surface area contributed by atoms with Crippen LogP contribution in [-0.2, 0) is 43.5 Å². The molecule has 0 radical (unpaired) electrons. The molecule has 57 heavy (non-hydrogen) atoms. The Kier molecular flexibility index (Phi) is 13.0. The van der Waals surface area contributed by atoms with E-state index in [4.69, 9.17) is 28.4 Å². The largest absolute Gasteiger partial charge is 0.491 e. The summed E-state index contributed by atoms with van der Waals surface area (Å²) in [5, 5.41) is 9.68. The molecule has 4 aromatic rings. The number of carbonyl (C=O) groups excluding carboxylic acids is 3. The van der Waals surface area contributed by atoms with Crippen molar-refractivity contribution < 1.29 is 52.7 Å². The first kappa shape index (κ1) is 40.2. The van der Waals surface area contributed by atoms with E-state index in [0.29, 0.717) is 11.5 Å². The van der Waals surface area contributed by atoms with Crippen LogP contribution in [0, 0.1) is 11.8 Å². The molecule has 0 amide bonds. The number of hydrogen-bond donors (Lipinski definition) is 1. The van der Waals surface area contributed by atoms with Crippen LogP contribution in [0.1, 0.15) is 35.1 Å². The first-order valence-corrected chi connectivity index (χ1v) is 18.5. The monoisotopic (exact) mass is 772 g/mol. The molecule has 0 aromatic heterocycles. The summed E-state index contributed by atoms with van der Waals surface area (Å²) in [5.74, 6) is -3.72. The quantitative estimate of drug-likeness (QED) is 0.0432. The Balaban J connectivity index is 1.26. The molecule has 2 aliphatic rings. The molecule has 0 saturated carbocycles. The van der Waals surface area contributed by atoms with Gasteiger partial charge in [-0.1, -0.05) is 98.1 Å². The van der Waals surface area contributed by atoms with Crippen molar-refractivity contribution in [1.82, 2.24) is 0 Å². The summed E-state index contributed by atoms with van der Waals surface area (Å²) in [5.41, 5.74) is 5.68. The van der Waals surface area contributed by atoms with Gasteiger partial charge < -0.3 is 33.5 Å². The van der Waals surface area contributed by atoms with Gasteiger partial charge in [-0.25, -0.2) is 9.59 Å². The van der Waals surface area contributed by atoms with Crippen molar-refractivity contribution in [2.75, 3.05) is 33.5 Å². The van der Waals surface area contributed by atoms with Gasteiger partial charge in [-0.15, -0.1) is 0 Å². The minimum absolute atomic E-state index is 0.0237. The highest BCUT2D eigenvalue weighted by Crippen LogP contribution is 2.56. The van der Waals surface area contributed by atoms with Gasteiger partial charge in [0.1, 0.15) is 44.0 Å². The molecule has 2 aliphatic carbocycles. The molecule has 0 spiro atoms. The van der Waals surface area contributed by atoms with E-state index < -0.39 is 53.3 Å². The molecular weight excluding hydrogens is 728 g/mol. The van der Waals surface area contributed by atoms with Crippen LogP contribution in [0.3, 0.4) is 0 Å². The van der Waals surface area contributed by atoms with Crippen LogP contribution in [0.2, 0.25) is 0 Å². The zero-order valence-corrected chi connectivity index (χ0v) is 31.5. The topological polar surface area (TPSA) is 144 Å². The normalized spacial score (nSPS) is 17.1. The third-order valence-corrected chi connectivity index (χ3v) is 10.2. The van der Waals surface area contributed by atoms with Gasteiger partial charge in [0.2, 0.25) is 0 Å². The second-order valence-corrected chi connectivity index (χ2v) is 13.6. The van der Waals surface area contributed by atoms with Crippen LogP contribution in [0.4, 0.5) is 0 Å². The van der Waals surface area contributed by atoms with Crippen molar-refractivity contribution in [1.29, 1.82) is 0 Å². The Hall–Kier alpha value is -6.46. The van der Waals surface area contributed by atoms with E-state index in [9.17, 15) is 24.3 Å². The second-order valence-electron chi connectivity index (χ2n) is 13.6. The van der Waals surface area contributed by atoms with Gasteiger partial charge in [0, 0.05) is 19.3 Å². The van der Waals surface area contributed by atoms with Crippen LogP contribution >= 0.6 is 0 Å². The Morgan fingerprint density at radius 1 is 0.667 bits per heavy atom. The summed E-state index contributed by atoms with van der Waals surface area (Å²) >= 11 is 0. The summed E-state index contributed by atoms with van der Waals surface area (Å²) < 4.78 is 33.6. The van der Waals surface area contributed by atoms with E-state index in [1.165, 1.54) is 7.11 Å². The third kappa shape index (κ3) is 8.84. The first-order chi connectivity index (χ1) is 27.7. The summed E-state index contributed by atoms with van der Waals surface area (Å²) in [4.78, 5) is 48.5. The van der Waals surface area contributed by atoms with Crippen LogP contribution in [-0.4, -0.2) is 74.7 Å². The fourth-order valence-corrected chi connectivity index (χ4v) is 7.37. The van der Waals surface area contributed by atoms with E-state index in [2.05, 4.69) is 37.4 Å². The third-order valence-electron chi connectivity index (χ3n) is 10.2. The Labute approximate surface area is 331 Å². The molecule has 0 heterocycles. The van der Waals surface area contributed by atoms with Crippen LogP contribution in [0.25, 0.3) is 11.1 Å². The SMILES string of the molecule is C=CC(=O)OCC(COc1ccc(C2(c3ccc(OCC(COC(=O)C=C)OC(=O)C4CC=CCC4C(=O)O)cc3)c3ccccc3-c3ccccc32)cc1)OC. The molecule has 294 valence electrons. The van der Waals surface area contributed by atoms with Gasteiger partial charge in [-0.3, -0.25) is 9.59 Å². The van der Waals surface area contributed by atoms with Crippen LogP contribution in [0.15, 0.2) is 135 Å². The standard InChI is InChI=1S/C46H44O11/c1-4-42(47)55-27-34(52-3)26-53-32-22-18-30(19-23-32)46(40-16-10-8-12-36(40)37-13-9-11-17-41(37)46)31-20-24-33(25-21-31)54-28-35(29-56-43(48)5-2)57-45(51)39-15-7-6-14-38(39)44(49)50/h4-13,16-25,34-35,38-39H,1-2,14-15,26-29H2,3H3,(H,49,50). The molecule has 0 saturated heterocycles. The molecular formula is C46H44O11. The Morgan fingerprint density at radius 2 is 1.12 bits per heavy atom. The number of benzene rings is 4. The van der Waals surface area contributed by atoms with E-state index in [-0.39, 0.29) is 39.3 Å². The maximum Gasteiger partial charge on any atom is 0.330 e. The number of methoxy groups -OCH3 is 1. The number of ether oxygens (including phenoxy) is 6. The fourth-order valence-electron chi connectivity index (χ4n) is 7.37. The van der Waals surface area contributed by atoms with Crippen LogP contribution < -0.4 is 9.47 Å². The van der Waals surface area contributed by atoms with Crippen molar-refractivity contribution in [3.63, 3.8) is 0 Å². The number of hydrogen-bond acceptors (Lipinski definition) is 10. The minimum Gasteiger partial charge on any atom is -0.491 e. The van der Waals surface area contributed by atoms with E-state index in [1.807, 2.05) is 72.8 Å². The number of carboxylic acid groups (broad SMARTS) is 1. The summed E-state index contributed by atoms with van der Waals surface area (Å²) in [7, 11) is 1.52. The molecule has 11 heteroatoms. The molecule has 0 fully saturated rings. The van der Waals surface area contributed by atoms with Gasteiger partial charge in [0.15, 0.2) is 6.10 Å². The minimum atomic E-state index is -1.08. The van der Waals surface area contributed by atoms with Gasteiger partial charge in [0.05, 0.1) is 17.3 Å². The molecule has 11 nitrogen and oxygen atoms in total. The van der Waals surface area contributed by atoms with Gasteiger partial charge in [-0.05, 0) is 70.5 Å². The predicted octanol–water partition coefficient (Wildman–Crippen LogP) is 6.86. The number of rotatable bonds is 18. The lowest BCUT2D eigenvalue weighted by Gasteiger charge is -2.34. The molecule has 6 rings (SSSR count).